The molecule has 1 aromatic heterocycles. The van der Waals surface area contributed by atoms with Gasteiger partial charge in [-0.15, -0.1) is 0 Å². The van der Waals surface area contributed by atoms with Crippen LogP contribution >= 0.6 is 0 Å². The van der Waals surface area contributed by atoms with Crippen molar-refractivity contribution in [1.29, 1.82) is 0 Å². The molecule has 1 aliphatic heterocycles. The van der Waals surface area contributed by atoms with E-state index in [9.17, 15) is 9.18 Å². The van der Waals surface area contributed by atoms with E-state index in [1.54, 1.807) is 12.1 Å². The fraction of sp³-hybridized carbons (Fsp3) is 0.250. The maximum absolute atomic E-state index is 12.6. The largest absolute Gasteiger partial charge is 0.473 e. The zero-order valence-corrected chi connectivity index (χ0v) is 9.10. The second kappa shape index (κ2) is 5.34. The number of halogens is 1. The number of aldehydes is 1. The van der Waals surface area contributed by atoms with Crippen LogP contribution in [0.1, 0.15) is 23.2 Å². The summed E-state index contributed by atoms with van der Waals surface area (Å²) in [6, 6.07) is 3.25. The standard InChI is InChI=1S/C12H11FN2O2/c13-11-3-1-10(6-14-11)8-17-12-4-2-9(7-16)5-15-12/h2,4-7H,1,3,8H2. The number of hydrogen-bond acceptors (Lipinski definition) is 4. The summed E-state index contributed by atoms with van der Waals surface area (Å²) < 4.78 is 18.0. The summed E-state index contributed by atoms with van der Waals surface area (Å²) in [5, 5.41) is 0. The van der Waals surface area contributed by atoms with Crippen LogP contribution in [-0.2, 0) is 0 Å². The molecular formula is C12H11FN2O2. The highest BCUT2D eigenvalue weighted by molar-refractivity contribution is 5.76. The molecule has 0 radical (unpaired) electrons. The summed E-state index contributed by atoms with van der Waals surface area (Å²) in [5.74, 6) is 0.0914. The van der Waals surface area contributed by atoms with Gasteiger partial charge in [0.15, 0.2) is 12.3 Å². The Labute approximate surface area is 97.8 Å². The average Bonchev–Trinajstić information content (AvgIpc) is 2.39. The van der Waals surface area contributed by atoms with E-state index < -0.39 is 0 Å². The van der Waals surface area contributed by atoms with Crippen LogP contribution in [0.2, 0.25) is 0 Å². The van der Waals surface area contributed by atoms with Gasteiger partial charge in [0.05, 0.1) is 0 Å². The van der Waals surface area contributed by atoms with Crippen LogP contribution in [0.3, 0.4) is 0 Å². The normalized spacial score (nSPS) is 14.9. The predicted molar refractivity (Wildman–Crippen MR) is 61.0 cm³/mol. The summed E-state index contributed by atoms with van der Waals surface area (Å²) in [6.45, 7) is 0.338. The predicted octanol–water partition coefficient (Wildman–Crippen LogP) is 2.32. The molecule has 4 nitrogen and oxygen atoms in total. The molecule has 88 valence electrons. The van der Waals surface area contributed by atoms with E-state index in [0.29, 0.717) is 30.9 Å². The second-order valence-corrected chi connectivity index (χ2v) is 3.63. The number of aromatic nitrogens is 1. The lowest BCUT2D eigenvalue weighted by Gasteiger charge is -2.10. The number of ether oxygens (including phenoxy) is 1. The maximum Gasteiger partial charge on any atom is 0.213 e. The third kappa shape index (κ3) is 3.21. The highest BCUT2D eigenvalue weighted by atomic mass is 19.1. The van der Waals surface area contributed by atoms with Crippen LogP contribution in [0.15, 0.2) is 35.1 Å². The first-order chi connectivity index (χ1) is 8.28. The number of rotatable bonds is 4. The van der Waals surface area contributed by atoms with Gasteiger partial charge in [0, 0.05) is 30.4 Å². The van der Waals surface area contributed by atoms with Crippen molar-refractivity contribution < 1.29 is 13.9 Å². The van der Waals surface area contributed by atoms with Crippen molar-refractivity contribution in [2.75, 3.05) is 6.61 Å². The van der Waals surface area contributed by atoms with Crippen molar-refractivity contribution in [2.45, 2.75) is 12.8 Å². The molecule has 0 bridgehead atoms. The molecule has 5 heteroatoms. The van der Waals surface area contributed by atoms with Gasteiger partial charge in [0.1, 0.15) is 6.61 Å². The van der Waals surface area contributed by atoms with Crippen LogP contribution in [0.5, 0.6) is 5.88 Å². The van der Waals surface area contributed by atoms with Crippen molar-refractivity contribution in [3.63, 3.8) is 0 Å². The highest BCUT2D eigenvalue weighted by Gasteiger charge is 2.08. The first-order valence-corrected chi connectivity index (χ1v) is 5.22. The summed E-state index contributed by atoms with van der Waals surface area (Å²) in [4.78, 5) is 18.0. The monoisotopic (exact) mass is 234 g/mol. The van der Waals surface area contributed by atoms with Crippen molar-refractivity contribution in [2.24, 2.45) is 4.99 Å². The maximum atomic E-state index is 12.6. The fourth-order valence-electron chi connectivity index (χ4n) is 1.38. The topological polar surface area (TPSA) is 51.5 Å². The minimum atomic E-state index is -0.345. The number of hydrogen-bond donors (Lipinski definition) is 0. The molecule has 2 heterocycles. The zero-order chi connectivity index (χ0) is 12.1. The SMILES string of the molecule is O=Cc1ccc(OCC2=CN=C(F)CC2)nc1. The third-order valence-corrected chi connectivity index (χ3v) is 2.34. The minimum Gasteiger partial charge on any atom is -0.473 e. The average molecular weight is 234 g/mol. The van der Waals surface area contributed by atoms with Gasteiger partial charge in [-0.05, 0) is 18.1 Å². The van der Waals surface area contributed by atoms with Gasteiger partial charge in [-0.2, -0.15) is 4.39 Å². The van der Waals surface area contributed by atoms with Crippen LogP contribution in [0, 0.1) is 0 Å². The molecule has 1 aliphatic rings. The molecule has 0 aliphatic carbocycles. The number of pyridine rings is 1. The van der Waals surface area contributed by atoms with Gasteiger partial charge in [0.25, 0.3) is 0 Å². The summed E-state index contributed by atoms with van der Waals surface area (Å²) in [6.07, 6.45) is 4.58. The summed E-state index contributed by atoms with van der Waals surface area (Å²) >= 11 is 0. The van der Waals surface area contributed by atoms with Gasteiger partial charge < -0.3 is 4.74 Å². The van der Waals surface area contributed by atoms with Crippen molar-refractivity contribution in [1.82, 2.24) is 4.98 Å². The van der Waals surface area contributed by atoms with E-state index >= 15 is 0 Å². The first kappa shape index (κ1) is 11.4. The minimum absolute atomic E-state index is 0.326. The van der Waals surface area contributed by atoms with Crippen molar-refractivity contribution >= 4 is 12.3 Å². The Morgan fingerprint density at radius 1 is 1.41 bits per heavy atom. The van der Waals surface area contributed by atoms with E-state index in [-0.39, 0.29) is 5.97 Å². The Balaban J connectivity index is 1.91. The second-order valence-electron chi connectivity index (χ2n) is 3.63. The Morgan fingerprint density at radius 3 is 2.88 bits per heavy atom. The number of aliphatic imine (C=N–C) groups is 1. The molecule has 0 saturated carbocycles. The molecule has 1 aromatic rings. The van der Waals surface area contributed by atoms with Gasteiger partial charge in [-0.1, -0.05) is 0 Å². The Morgan fingerprint density at radius 2 is 2.29 bits per heavy atom. The van der Waals surface area contributed by atoms with E-state index in [1.165, 1.54) is 12.4 Å². The van der Waals surface area contributed by atoms with E-state index in [0.717, 1.165) is 11.9 Å². The lowest BCUT2D eigenvalue weighted by molar-refractivity contribution is 0.112. The van der Waals surface area contributed by atoms with Gasteiger partial charge in [-0.25, -0.2) is 9.98 Å². The van der Waals surface area contributed by atoms with Crippen molar-refractivity contribution in [3.05, 3.63) is 35.7 Å². The summed E-state index contributed by atoms with van der Waals surface area (Å²) in [5.41, 5.74) is 1.42. The highest BCUT2D eigenvalue weighted by Crippen LogP contribution is 2.15. The van der Waals surface area contributed by atoms with E-state index in [4.69, 9.17) is 4.74 Å². The van der Waals surface area contributed by atoms with Gasteiger partial charge in [0.2, 0.25) is 5.88 Å². The molecule has 0 N–H and O–H groups in total. The molecule has 0 amide bonds. The number of nitrogens with zero attached hydrogens (tertiary/aromatic N) is 2. The number of carbonyl (C=O) groups excluding carboxylic acids is 1. The van der Waals surface area contributed by atoms with Crippen LogP contribution in [0.25, 0.3) is 0 Å². The lowest BCUT2D eigenvalue weighted by atomic mass is 10.1. The Hall–Kier alpha value is -2.04. The van der Waals surface area contributed by atoms with Crippen LogP contribution < -0.4 is 4.74 Å². The molecule has 0 atom stereocenters. The molecule has 17 heavy (non-hydrogen) atoms. The molecule has 0 aromatic carbocycles. The van der Waals surface area contributed by atoms with Crippen LogP contribution in [-0.4, -0.2) is 23.8 Å². The molecule has 0 saturated heterocycles. The van der Waals surface area contributed by atoms with Gasteiger partial charge in [-0.3, -0.25) is 4.79 Å². The number of carbonyl (C=O) groups is 1. The molecule has 0 spiro atoms. The third-order valence-electron chi connectivity index (χ3n) is 2.34. The first-order valence-electron chi connectivity index (χ1n) is 5.22. The molecule has 0 fully saturated rings. The quantitative estimate of drug-likeness (QED) is 0.751. The van der Waals surface area contributed by atoms with Crippen molar-refractivity contribution in [3.8, 4) is 5.88 Å². The van der Waals surface area contributed by atoms with E-state index in [2.05, 4.69) is 9.98 Å². The van der Waals surface area contributed by atoms with E-state index in [1.807, 2.05) is 0 Å². The fourth-order valence-corrected chi connectivity index (χ4v) is 1.38. The zero-order valence-electron chi connectivity index (χ0n) is 9.10. The molecule has 2 rings (SSSR count). The van der Waals surface area contributed by atoms with Gasteiger partial charge >= 0.3 is 0 Å². The molecule has 0 unspecified atom stereocenters. The van der Waals surface area contributed by atoms with Crippen LogP contribution in [0.4, 0.5) is 4.39 Å². The smallest absolute Gasteiger partial charge is 0.213 e. The Kier molecular flexibility index (Phi) is 3.59. The Bertz CT molecular complexity index is 466. The lowest BCUT2D eigenvalue weighted by Crippen LogP contribution is -2.06. The molecular weight excluding hydrogens is 223 g/mol. The summed E-state index contributed by atoms with van der Waals surface area (Å²) in [7, 11) is 0.